The van der Waals surface area contributed by atoms with Crippen LogP contribution in [0.15, 0.2) is 18.2 Å². The van der Waals surface area contributed by atoms with E-state index in [1.54, 1.807) is 11.1 Å². The zero-order chi connectivity index (χ0) is 9.54. The van der Waals surface area contributed by atoms with Crippen molar-refractivity contribution in [3.05, 3.63) is 29.3 Å². The quantitative estimate of drug-likeness (QED) is 0.763. The Labute approximate surface area is 85.5 Å². The lowest BCUT2D eigenvalue weighted by atomic mass is 10.0. The van der Waals surface area contributed by atoms with Gasteiger partial charge in [-0.1, -0.05) is 6.07 Å². The number of anilines is 1. The topological polar surface area (TPSA) is 12.0 Å². The van der Waals surface area contributed by atoms with Crippen LogP contribution in [0.3, 0.4) is 0 Å². The second-order valence-electron chi connectivity index (χ2n) is 4.69. The molecule has 2 fully saturated rings. The largest absolute Gasteiger partial charge is 0.388 e. The molecule has 2 aliphatic carbocycles. The van der Waals surface area contributed by atoms with Gasteiger partial charge < -0.3 is 5.32 Å². The van der Waals surface area contributed by atoms with Crippen LogP contribution >= 0.6 is 0 Å². The first-order chi connectivity index (χ1) is 6.86. The maximum Gasteiger partial charge on any atom is 0.0343 e. The molecular weight excluding hydrogens is 170 g/mol. The fraction of sp³-hybridized carbons (Fsp3) is 0.538. The molecule has 0 saturated heterocycles. The van der Waals surface area contributed by atoms with Gasteiger partial charge in [0.15, 0.2) is 0 Å². The van der Waals surface area contributed by atoms with E-state index in [4.69, 9.17) is 0 Å². The van der Waals surface area contributed by atoms with E-state index < -0.39 is 0 Å². The van der Waals surface area contributed by atoms with Crippen molar-refractivity contribution in [2.75, 3.05) is 12.4 Å². The highest BCUT2D eigenvalue weighted by atomic mass is 14.8. The Hall–Kier alpha value is -0.980. The molecule has 0 amide bonds. The van der Waals surface area contributed by atoms with Gasteiger partial charge in [0.2, 0.25) is 0 Å². The molecule has 2 saturated carbocycles. The Balaban J connectivity index is 1.97. The average Bonchev–Trinajstić information content (AvgIpc) is 3.07. The van der Waals surface area contributed by atoms with Crippen LogP contribution in [0.4, 0.5) is 5.69 Å². The monoisotopic (exact) mass is 187 g/mol. The summed E-state index contributed by atoms with van der Waals surface area (Å²) in [5, 5.41) is 3.27. The van der Waals surface area contributed by atoms with Gasteiger partial charge in [-0.05, 0) is 60.8 Å². The Kier molecular flexibility index (Phi) is 1.79. The Bertz CT molecular complexity index is 318. The number of rotatable bonds is 3. The van der Waals surface area contributed by atoms with Gasteiger partial charge in [0.1, 0.15) is 0 Å². The van der Waals surface area contributed by atoms with Gasteiger partial charge in [0.25, 0.3) is 0 Å². The second-order valence-corrected chi connectivity index (χ2v) is 4.69. The molecule has 1 aromatic carbocycles. The lowest BCUT2D eigenvalue weighted by molar-refractivity contribution is 1.07. The summed E-state index contributed by atoms with van der Waals surface area (Å²) in [6.07, 6.45) is 5.60. The number of nitrogens with one attached hydrogen (secondary N) is 1. The number of benzene rings is 1. The molecule has 1 N–H and O–H groups in total. The molecule has 0 unspecified atom stereocenters. The summed E-state index contributed by atoms with van der Waals surface area (Å²) in [6, 6.07) is 7.09. The molecule has 0 atom stereocenters. The fourth-order valence-corrected chi connectivity index (χ4v) is 2.13. The highest BCUT2D eigenvalue weighted by Crippen LogP contribution is 2.45. The Morgan fingerprint density at radius 1 is 0.929 bits per heavy atom. The van der Waals surface area contributed by atoms with Crippen molar-refractivity contribution in [1.82, 2.24) is 0 Å². The predicted octanol–water partition coefficient (Wildman–Crippen LogP) is 3.48. The molecule has 0 spiro atoms. The molecule has 1 heteroatoms. The molecule has 74 valence electrons. The number of hydrogen-bond donors (Lipinski definition) is 1. The third kappa shape index (κ3) is 1.52. The smallest absolute Gasteiger partial charge is 0.0343 e. The lowest BCUT2D eigenvalue weighted by Crippen LogP contribution is -1.92. The summed E-state index contributed by atoms with van der Waals surface area (Å²) in [5.41, 5.74) is 4.44. The lowest BCUT2D eigenvalue weighted by Gasteiger charge is -2.08. The maximum absolute atomic E-state index is 3.27. The summed E-state index contributed by atoms with van der Waals surface area (Å²) < 4.78 is 0. The van der Waals surface area contributed by atoms with Gasteiger partial charge in [-0.25, -0.2) is 0 Å². The minimum Gasteiger partial charge on any atom is -0.388 e. The summed E-state index contributed by atoms with van der Waals surface area (Å²) in [6.45, 7) is 0. The molecular formula is C13H17N. The molecule has 1 aromatic rings. The van der Waals surface area contributed by atoms with Crippen LogP contribution in [0.5, 0.6) is 0 Å². The maximum atomic E-state index is 3.27. The molecule has 0 radical (unpaired) electrons. The Morgan fingerprint density at radius 3 is 1.79 bits per heavy atom. The highest BCUT2D eigenvalue weighted by molar-refractivity contribution is 5.51. The van der Waals surface area contributed by atoms with E-state index in [1.807, 2.05) is 7.05 Å². The zero-order valence-corrected chi connectivity index (χ0v) is 8.72. The van der Waals surface area contributed by atoms with Crippen molar-refractivity contribution >= 4 is 5.69 Å². The van der Waals surface area contributed by atoms with Gasteiger partial charge in [-0.15, -0.1) is 0 Å². The normalized spacial score (nSPS) is 20.9. The zero-order valence-electron chi connectivity index (χ0n) is 8.72. The van der Waals surface area contributed by atoms with Crippen LogP contribution in [-0.4, -0.2) is 7.05 Å². The first kappa shape index (κ1) is 8.34. The molecule has 0 aliphatic heterocycles. The van der Waals surface area contributed by atoms with Crippen molar-refractivity contribution in [1.29, 1.82) is 0 Å². The van der Waals surface area contributed by atoms with E-state index in [-0.39, 0.29) is 0 Å². The Morgan fingerprint density at radius 2 is 1.43 bits per heavy atom. The molecule has 0 bridgehead atoms. The van der Waals surface area contributed by atoms with Crippen LogP contribution in [0.1, 0.15) is 48.6 Å². The van der Waals surface area contributed by atoms with E-state index in [2.05, 4.69) is 23.5 Å². The SMILES string of the molecule is CNc1cc(C2CC2)cc(C2CC2)c1. The van der Waals surface area contributed by atoms with Crippen LogP contribution in [0.25, 0.3) is 0 Å². The van der Waals surface area contributed by atoms with E-state index in [0.29, 0.717) is 0 Å². The van der Waals surface area contributed by atoms with Gasteiger partial charge in [-0.3, -0.25) is 0 Å². The van der Waals surface area contributed by atoms with Crippen molar-refractivity contribution in [3.8, 4) is 0 Å². The molecule has 1 nitrogen and oxygen atoms in total. The van der Waals surface area contributed by atoms with E-state index in [9.17, 15) is 0 Å². The van der Waals surface area contributed by atoms with Gasteiger partial charge in [-0.2, -0.15) is 0 Å². The van der Waals surface area contributed by atoms with Gasteiger partial charge in [0, 0.05) is 12.7 Å². The minimum absolute atomic E-state index is 0.876. The molecule has 2 aliphatic rings. The summed E-state index contributed by atoms with van der Waals surface area (Å²) in [7, 11) is 2.02. The third-order valence-corrected chi connectivity index (χ3v) is 3.36. The van der Waals surface area contributed by atoms with Gasteiger partial charge in [0.05, 0.1) is 0 Å². The third-order valence-electron chi connectivity index (χ3n) is 3.36. The van der Waals surface area contributed by atoms with Crippen molar-refractivity contribution < 1.29 is 0 Å². The fourth-order valence-electron chi connectivity index (χ4n) is 2.13. The molecule has 14 heavy (non-hydrogen) atoms. The standard InChI is InChI=1S/C13H17N/c1-14-13-7-11(9-2-3-9)6-12(8-13)10-4-5-10/h6-10,14H,2-5H2,1H3. The number of hydrogen-bond acceptors (Lipinski definition) is 1. The first-order valence-corrected chi connectivity index (χ1v) is 5.69. The van der Waals surface area contributed by atoms with E-state index >= 15 is 0 Å². The van der Waals surface area contributed by atoms with Crippen LogP contribution in [-0.2, 0) is 0 Å². The van der Waals surface area contributed by atoms with Crippen LogP contribution in [0, 0.1) is 0 Å². The molecule has 0 heterocycles. The van der Waals surface area contributed by atoms with Crippen molar-refractivity contribution in [2.45, 2.75) is 37.5 Å². The second kappa shape index (κ2) is 3.01. The highest BCUT2D eigenvalue weighted by Gasteiger charge is 2.28. The van der Waals surface area contributed by atoms with E-state index in [1.165, 1.54) is 31.4 Å². The summed E-state index contributed by atoms with van der Waals surface area (Å²) in [5.74, 6) is 1.75. The minimum atomic E-state index is 0.876. The summed E-state index contributed by atoms with van der Waals surface area (Å²) in [4.78, 5) is 0. The van der Waals surface area contributed by atoms with Crippen molar-refractivity contribution in [2.24, 2.45) is 0 Å². The average molecular weight is 187 g/mol. The summed E-state index contributed by atoms with van der Waals surface area (Å²) >= 11 is 0. The van der Waals surface area contributed by atoms with Crippen LogP contribution in [0.2, 0.25) is 0 Å². The predicted molar refractivity (Wildman–Crippen MR) is 59.9 cm³/mol. The van der Waals surface area contributed by atoms with E-state index in [0.717, 1.165) is 11.8 Å². The molecule has 0 aromatic heterocycles. The first-order valence-electron chi connectivity index (χ1n) is 5.69. The van der Waals surface area contributed by atoms with Crippen LogP contribution < -0.4 is 5.32 Å². The molecule has 3 rings (SSSR count). The van der Waals surface area contributed by atoms with Crippen molar-refractivity contribution in [3.63, 3.8) is 0 Å². The van der Waals surface area contributed by atoms with Gasteiger partial charge >= 0.3 is 0 Å².